The van der Waals surface area contributed by atoms with Gasteiger partial charge in [-0.15, -0.1) is 0 Å². The van der Waals surface area contributed by atoms with E-state index in [2.05, 4.69) is 12.2 Å². The Labute approximate surface area is 91.8 Å². The van der Waals surface area contributed by atoms with Crippen molar-refractivity contribution in [1.29, 1.82) is 0 Å². The van der Waals surface area contributed by atoms with Gasteiger partial charge in [-0.1, -0.05) is 26.2 Å². The van der Waals surface area contributed by atoms with Crippen LogP contribution in [-0.4, -0.2) is 17.5 Å². The quantitative estimate of drug-likeness (QED) is 0.742. The predicted octanol–water partition coefficient (Wildman–Crippen LogP) is 1.56. The molecule has 2 atom stereocenters. The third kappa shape index (κ3) is 2.51. The first kappa shape index (κ1) is 10.9. The molecule has 1 amide bonds. The highest BCUT2D eigenvalue weighted by Gasteiger charge is 2.46. The zero-order valence-corrected chi connectivity index (χ0v) is 9.59. The maximum Gasteiger partial charge on any atom is 0.240 e. The van der Waals surface area contributed by atoms with E-state index in [1.807, 2.05) is 0 Å². The van der Waals surface area contributed by atoms with E-state index in [0.29, 0.717) is 6.04 Å². The van der Waals surface area contributed by atoms with Crippen molar-refractivity contribution in [3.05, 3.63) is 0 Å². The summed E-state index contributed by atoms with van der Waals surface area (Å²) in [7, 11) is 0. The van der Waals surface area contributed by atoms with Crippen molar-refractivity contribution in [2.24, 2.45) is 11.7 Å². The second kappa shape index (κ2) is 4.12. The Morgan fingerprint density at radius 2 is 2.20 bits per heavy atom. The lowest BCUT2D eigenvalue weighted by Gasteiger charge is -2.29. The molecule has 2 fully saturated rings. The van der Waals surface area contributed by atoms with E-state index in [9.17, 15) is 4.79 Å². The van der Waals surface area contributed by atoms with Crippen LogP contribution in [0.3, 0.4) is 0 Å². The summed E-state index contributed by atoms with van der Waals surface area (Å²) in [6.07, 6.45) is 7.83. The molecule has 0 spiro atoms. The first-order valence-corrected chi connectivity index (χ1v) is 6.24. The molecule has 86 valence electrons. The Morgan fingerprint density at radius 3 is 2.80 bits per heavy atom. The van der Waals surface area contributed by atoms with Crippen LogP contribution in [0.4, 0.5) is 0 Å². The monoisotopic (exact) mass is 210 g/mol. The molecule has 2 unspecified atom stereocenters. The fraction of sp³-hybridized carbons (Fsp3) is 0.917. The van der Waals surface area contributed by atoms with Crippen LogP contribution in [0, 0.1) is 5.92 Å². The Balaban J connectivity index is 1.81. The SMILES string of the molecule is CCC1CCCC(NC(=O)C2(N)CC2)C1. The van der Waals surface area contributed by atoms with Crippen LogP contribution < -0.4 is 11.1 Å². The minimum Gasteiger partial charge on any atom is -0.352 e. The molecule has 3 nitrogen and oxygen atoms in total. The second-order valence-corrected chi connectivity index (χ2v) is 5.27. The molecule has 2 aliphatic rings. The smallest absolute Gasteiger partial charge is 0.240 e. The van der Waals surface area contributed by atoms with Crippen LogP contribution in [0.15, 0.2) is 0 Å². The van der Waals surface area contributed by atoms with Crippen LogP contribution in [0.25, 0.3) is 0 Å². The Hall–Kier alpha value is -0.570. The summed E-state index contributed by atoms with van der Waals surface area (Å²) >= 11 is 0. The lowest BCUT2D eigenvalue weighted by molar-refractivity contribution is -0.124. The average molecular weight is 210 g/mol. The van der Waals surface area contributed by atoms with Crippen LogP contribution in [0.5, 0.6) is 0 Å². The number of carbonyl (C=O) groups is 1. The van der Waals surface area contributed by atoms with Crippen molar-refractivity contribution < 1.29 is 4.79 Å². The third-order valence-corrected chi connectivity index (χ3v) is 3.94. The molecule has 3 N–H and O–H groups in total. The minimum absolute atomic E-state index is 0.0873. The van der Waals surface area contributed by atoms with Gasteiger partial charge < -0.3 is 11.1 Å². The molecule has 2 rings (SSSR count). The standard InChI is InChI=1S/C12H22N2O/c1-2-9-4-3-5-10(8-9)14-11(15)12(13)6-7-12/h9-10H,2-8,13H2,1H3,(H,14,15). The van der Waals surface area contributed by atoms with Gasteiger partial charge in [-0.3, -0.25) is 4.79 Å². The molecule has 15 heavy (non-hydrogen) atoms. The summed E-state index contributed by atoms with van der Waals surface area (Å²) in [5.41, 5.74) is 5.36. The van der Waals surface area contributed by atoms with Gasteiger partial charge in [0.25, 0.3) is 0 Å². The number of amides is 1. The topological polar surface area (TPSA) is 55.1 Å². The molecule has 0 bridgehead atoms. The molecule has 2 aliphatic carbocycles. The summed E-state index contributed by atoms with van der Waals surface area (Å²) < 4.78 is 0. The number of carbonyl (C=O) groups excluding carboxylic acids is 1. The number of nitrogens with two attached hydrogens (primary N) is 1. The van der Waals surface area contributed by atoms with Crippen molar-refractivity contribution in [3.63, 3.8) is 0 Å². The second-order valence-electron chi connectivity index (χ2n) is 5.27. The number of rotatable bonds is 3. The number of hydrogen-bond donors (Lipinski definition) is 2. The van der Waals surface area contributed by atoms with Crippen molar-refractivity contribution >= 4 is 5.91 Å². The zero-order valence-electron chi connectivity index (χ0n) is 9.59. The highest BCUT2D eigenvalue weighted by Crippen LogP contribution is 2.33. The lowest BCUT2D eigenvalue weighted by Crippen LogP contribution is -2.48. The van der Waals surface area contributed by atoms with Gasteiger partial charge in [0.1, 0.15) is 0 Å². The number of nitrogens with one attached hydrogen (secondary N) is 1. The van der Waals surface area contributed by atoms with Gasteiger partial charge in [0.15, 0.2) is 0 Å². The molecular weight excluding hydrogens is 188 g/mol. The fourth-order valence-electron chi connectivity index (χ4n) is 2.48. The van der Waals surface area contributed by atoms with E-state index in [4.69, 9.17) is 5.73 Å². The molecule has 0 aromatic rings. The molecule has 0 aromatic heterocycles. The summed E-state index contributed by atoms with van der Waals surface area (Å²) in [5.74, 6) is 0.890. The van der Waals surface area contributed by atoms with Crippen LogP contribution in [0.1, 0.15) is 51.9 Å². The van der Waals surface area contributed by atoms with Gasteiger partial charge in [0.2, 0.25) is 5.91 Å². The maximum absolute atomic E-state index is 11.8. The lowest BCUT2D eigenvalue weighted by atomic mass is 9.84. The molecule has 3 heteroatoms. The van der Waals surface area contributed by atoms with Gasteiger partial charge >= 0.3 is 0 Å². The van der Waals surface area contributed by atoms with Crippen LogP contribution in [0.2, 0.25) is 0 Å². The van der Waals surface area contributed by atoms with E-state index >= 15 is 0 Å². The molecule has 0 radical (unpaired) electrons. The maximum atomic E-state index is 11.8. The summed E-state index contributed by atoms with van der Waals surface area (Å²) in [4.78, 5) is 11.8. The number of hydrogen-bond acceptors (Lipinski definition) is 2. The third-order valence-electron chi connectivity index (χ3n) is 3.94. The summed E-state index contributed by atoms with van der Waals surface area (Å²) in [5, 5.41) is 3.12. The fourth-order valence-corrected chi connectivity index (χ4v) is 2.48. The van der Waals surface area contributed by atoms with Gasteiger partial charge in [-0.05, 0) is 31.6 Å². The van der Waals surface area contributed by atoms with E-state index < -0.39 is 5.54 Å². The van der Waals surface area contributed by atoms with Gasteiger partial charge in [0, 0.05) is 6.04 Å². The molecular formula is C12H22N2O. The predicted molar refractivity (Wildman–Crippen MR) is 60.3 cm³/mol. The molecule has 0 saturated heterocycles. The Bertz CT molecular complexity index is 248. The Morgan fingerprint density at radius 1 is 1.47 bits per heavy atom. The highest BCUT2D eigenvalue weighted by atomic mass is 16.2. The summed E-state index contributed by atoms with van der Waals surface area (Å²) in [6, 6.07) is 0.386. The molecule has 0 aromatic carbocycles. The first-order chi connectivity index (χ1) is 7.14. The average Bonchev–Trinajstić information content (AvgIpc) is 2.98. The zero-order chi connectivity index (χ0) is 10.9. The van der Waals surface area contributed by atoms with Crippen molar-refractivity contribution in [1.82, 2.24) is 5.32 Å². The van der Waals surface area contributed by atoms with E-state index in [1.54, 1.807) is 0 Å². The van der Waals surface area contributed by atoms with Crippen molar-refractivity contribution in [3.8, 4) is 0 Å². The van der Waals surface area contributed by atoms with E-state index in [0.717, 1.165) is 31.6 Å². The molecule has 2 saturated carbocycles. The first-order valence-electron chi connectivity index (χ1n) is 6.24. The minimum atomic E-state index is -0.501. The van der Waals surface area contributed by atoms with E-state index in [1.165, 1.54) is 19.3 Å². The van der Waals surface area contributed by atoms with Crippen molar-refractivity contribution in [2.75, 3.05) is 0 Å². The van der Waals surface area contributed by atoms with Gasteiger partial charge in [-0.25, -0.2) is 0 Å². The summed E-state index contributed by atoms with van der Waals surface area (Å²) in [6.45, 7) is 2.24. The normalized spacial score (nSPS) is 33.5. The molecule has 0 heterocycles. The molecule has 0 aliphatic heterocycles. The van der Waals surface area contributed by atoms with E-state index in [-0.39, 0.29) is 5.91 Å². The van der Waals surface area contributed by atoms with Gasteiger partial charge in [-0.2, -0.15) is 0 Å². The van der Waals surface area contributed by atoms with Gasteiger partial charge in [0.05, 0.1) is 5.54 Å². The van der Waals surface area contributed by atoms with Crippen molar-refractivity contribution in [2.45, 2.75) is 63.5 Å². The van der Waals surface area contributed by atoms with Crippen LogP contribution >= 0.6 is 0 Å². The van der Waals surface area contributed by atoms with Crippen LogP contribution in [-0.2, 0) is 4.79 Å². The largest absolute Gasteiger partial charge is 0.352 e. The Kier molecular flexibility index (Phi) is 3.01. The highest BCUT2D eigenvalue weighted by molar-refractivity contribution is 5.89.